The number of carbonyl (C=O) groups is 2. The van der Waals surface area contributed by atoms with Gasteiger partial charge in [-0.2, -0.15) is 0 Å². The summed E-state index contributed by atoms with van der Waals surface area (Å²) in [6.45, 7) is 2.03. The number of nitrogens with one attached hydrogen (secondary N) is 2. The number of ether oxygens (including phenoxy) is 2. The molecule has 1 fully saturated rings. The molecule has 2 aliphatic rings. The molecule has 10 heteroatoms. The molecule has 0 spiro atoms. The molecule has 2 aliphatic heterocycles. The van der Waals surface area contributed by atoms with Gasteiger partial charge in [0.25, 0.3) is 17.4 Å². The summed E-state index contributed by atoms with van der Waals surface area (Å²) in [5, 5.41) is 6.50. The van der Waals surface area contributed by atoms with Crippen LogP contribution in [0.5, 0.6) is 11.5 Å². The number of halogens is 1. The van der Waals surface area contributed by atoms with Crippen molar-refractivity contribution in [3.05, 3.63) is 111 Å². The first-order valence-corrected chi connectivity index (χ1v) is 14.4. The Balaban J connectivity index is 1.34. The molecule has 1 saturated heterocycles. The van der Waals surface area contributed by atoms with Crippen LogP contribution in [0.1, 0.15) is 38.7 Å². The van der Waals surface area contributed by atoms with Gasteiger partial charge in [0, 0.05) is 65.2 Å². The zero-order valence-corrected chi connectivity index (χ0v) is 24.6. The van der Waals surface area contributed by atoms with Crippen LogP contribution < -0.4 is 30.6 Å². The minimum atomic E-state index is -0.372. The van der Waals surface area contributed by atoms with Crippen LogP contribution in [0.25, 0.3) is 0 Å². The lowest BCUT2D eigenvalue weighted by Crippen LogP contribution is -2.47. The molecule has 2 atom stereocenters. The first kappa shape index (κ1) is 28.4. The number of benzene rings is 3. The van der Waals surface area contributed by atoms with E-state index in [1.807, 2.05) is 22.8 Å². The highest BCUT2D eigenvalue weighted by Gasteiger charge is 2.35. The highest BCUT2D eigenvalue weighted by Crippen LogP contribution is 2.39. The predicted molar refractivity (Wildman–Crippen MR) is 167 cm³/mol. The van der Waals surface area contributed by atoms with Gasteiger partial charge >= 0.3 is 0 Å². The number of amides is 2. The Kier molecular flexibility index (Phi) is 7.82. The highest BCUT2D eigenvalue weighted by atomic mass is 35.5. The topological polar surface area (TPSA) is 102 Å². The number of hydrogen-bond acceptors (Lipinski definition) is 6. The lowest BCUT2D eigenvalue weighted by molar-refractivity contribution is 0.101. The van der Waals surface area contributed by atoms with Crippen LogP contribution in [0, 0.1) is 5.92 Å². The largest absolute Gasteiger partial charge is 0.497 e. The molecule has 0 aliphatic carbocycles. The van der Waals surface area contributed by atoms with E-state index < -0.39 is 0 Å². The van der Waals surface area contributed by atoms with Crippen molar-refractivity contribution in [3.63, 3.8) is 0 Å². The van der Waals surface area contributed by atoms with Crippen LogP contribution in [-0.4, -0.2) is 43.7 Å². The van der Waals surface area contributed by atoms with E-state index in [2.05, 4.69) is 15.5 Å². The van der Waals surface area contributed by atoms with Crippen molar-refractivity contribution < 1.29 is 19.1 Å². The first-order chi connectivity index (χ1) is 20.8. The van der Waals surface area contributed by atoms with Crippen molar-refractivity contribution in [1.82, 2.24) is 4.57 Å². The molecule has 9 nitrogen and oxygen atoms in total. The smallest absolute Gasteiger partial charge is 0.255 e. The van der Waals surface area contributed by atoms with Gasteiger partial charge in [0.05, 0.1) is 25.6 Å². The zero-order valence-electron chi connectivity index (χ0n) is 23.8. The second kappa shape index (κ2) is 11.9. The quantitative estimate of drug-likeness (QED) is 0.285. The third-order valence-corrected chi connectivity index (χ3v) is 8.30. The second-order valence-electron chi connectivity index (χ2n) is 10.9. The summed E-state index contributed by atoms with van der Waals surface area (Å²) in [6, 6.07) is 22.6. The second-order valence-corrected chi connectivity index (χ2v) is 11.3. The SMILES string of the molecule is COc1cc(OC)cc(C(=O)Nc2cc(C(=O)Nc3ccc(Cl)cc3)ccc2N2C[C@H]3C[C@@H](C2)c2cccc(=O)n2C3)c1. The number of pyridine rings is 1. The van der Waals surface area contributed by atoms with E-state index in [0.29, 0.717) is 58.7 Å². The molecule has 2 N–H and O–H groups in total. The third kappa shape index (κ3) is 5.94. The molecule has 1 aromatic heterocycles. The van der Waals surface area contributed by atoms with Gasteiger partial charge < -0.3 is 29.6 Å². The Morgan fingerprint density at radius 1 is 0.814 bits per heavy atom. The molecule has 2 amide bonds. The van der Waals surface area contributed by atoms with Gasteiger partial charge in [-0.1, -0.05) is 17.7 Å². The zero-order chi connectivity index (χ0) is 30.1. The van der Waals surface area contributed by atoms with Gasteiger partial charge in [-0.05, 0) is 73.0 Å². The van der Waals surface area contributed by atoms with Crippen LogP contribution in [0.3, 0.4) is 0 Å². The predicted octanol–water partition coefficient (Wildman–Crippen LogP) is 5.65. The minimum absolute atomic E-state index is 0.0263. The van der Waals surface area contributed by atoms with Crippen molar-refractivity contribution in [1.29, 1.82) is 0 Å². The van der Waals surface area contributed by atoms with E-state index in [4.69, 9.17) is 21.1 Å². The fourth-order valence-corrected chi connectivity index (χ4v) is 6.14. The summed E-state index contributed by atoms with van der Waals surface area (Å²) in [6.07, 6.45) is 0.993. The normalized spacial score (nSPS) is 17.0. The summed E-state index contributed by atoms with van der Waals surface area (Å²) in [5.74, 6) is 0.710. The molecular formula is C33H31ClN4O5. The van der Waals surface area contributed by atoms with Gasteiger partial charge in [0.15, 0.2) is 0 Å². The Labute approximate surface area is 254 Å². The highest BCUT2D eigenvalue weighted by molar-refractivity contribution is 6.30. The molecule has 43 heavy (non-hydrogen) atoms. The van der Waals surface area contributed by atoms with Crippen LogP contribution in [-0.2, 0) is 6.54 Å². The average molecular weight is 599 g/mol. The van der Waals surface area contributed by atoms with Gasteiger partial charge in [0.2, 0.25) is 0 Å². The molecule has 0 unspecified atom stereocenters. The monoisotopic (exact) mass is 598 g/mol. The third-order valence-electron chi connectivity index (χ3n) is 8.04. The number of carbonyl (C=O) groups excluding carboxylic acids is 2. The standard InChI is InChI=1S/C33H31ClN4O5/c1-42-26-13-22(14-27(16-26)43-2)33(41)36-28-15-21(32(40)35-25-9-7-24(34)8-10-25)6-11-30(28)37-17-20-12-23(19-37)29-4-3-5-31(39)38(29)18-20/h3-11,13-16,20,23H,12,17-19H2,1-2H3,(H,35,40)(H,36,41)/t20-,23+/m1/s1. The van der Waals surface area contributed by atoms with E-state index in [1.165, 1.54) is 14.2 Å². The Bertz CT molecular complexity index is 1730. The number of hydrogen-bond donors (Lipinski definition) is 2. The Hall–Kier alpha value is -4.76. The number of methoxy groups -OCH3 is 2. The van der Waals surface area contributed by atoms with Crippen molar-refractivity contribution in [2.24, 2.45) is 5.92 Å². The summed E-state index contributed by atoms with van der Waals surface area (Å²) < 4.78 is 12.6. The van der Waals surface area contributed by atoms with Gasteiger partial charge in [-0.15, -0.1) is 0 Å². The van der Waals surface area contributed by atoms with Crippen LogP contribution in [0.2, 0.25) is 5.02 Å². The maximum atomic E-state index is 13.6. The van der Waals surface area contributed by atoms with E-state index in [0.717, 1.165) is 17.8 Å². The fraction of sp³-hybridized carbons (Fsp3) is 0.242. The molecule has 3 aromatic carbocycles. The summed E-state index contributed by atoms with van der Waals surface area (Å²) in [7, 11) is 3.05. The van der Waals surface area contributed by atoms with Gasteiger partial charge in [-0.3, -0.25) is 14.4 Å². The number of aromatic nitrogens is 1. The van der Waals surface area contributed by atoms with Crippen LogP contribution >= 0.6 is 11.6 Å². The molecule has 220 valence electrons. The molecule has 6 rings (SSSR count). The lowest BCUT2D eigenvalue weighted by Gasteiger charge is -2.44. The molecule has 2 bridgehead atoms. The first-order valence-electron chi connectivity index (χ1n) is 14.0. The Morgan fingerprint density at radius 2 is 1.53 bits per heavy atom. The van der Waals surface area contributed by atoms with Crippen LogP contribution in [0.4, 0.5) is 17.1 Å². The molecule has 0 saturated carbocycles. The van der Waals surface area contributed by atoms with Crippen molar-refractivity contribution >= 4 is 40.5 Å². The number of fused-ring (bicyclic) bond motifs is 4. The van der Waals surface area contributed by atoms with E-state index in [-0.39, 0.29) is 29.2 Å². The van der Waals surface area contributed by atoms with E-state index in [1.54, 1.807) is 60.7 Å². The molecule has 4 aromatic rings. The average Bonchev–Trinajstić information content (AvgIpc) is 3.02. The maximum absolute atomic E-state index is 13.6. The van der Waals surface area contributed by atoms with Crippen LogP contribution in [0.15, 0.2) is 83.7 Å². The minimum Gasteiger partial charge on any atom is -0.497 e. The Morgan fingerprint density at radius 3 is 2.26 bits per heavy atom. The van der Waals surface area contributed by atoms with E-state index in [9.17, 15) is 14.4 Å². The van der Waals surface area contributed by atoms with Crippen molar-refractivity contribution in [3.8, 4) is 11.5 Å². The molecule has 0 radical (unpaired) electrons. The van der Waals surface area contributed by atoms with Gasteiger partial charge in [-0.25, -0.2) is 0 Å². The summed E-state index contributed by atoms with van der Waals surface area (Å²) >= 11 is 6.00. The van der Waals surface area contributed by atoms with Crippen molar-refractivity contribution in [2.75, 3.05) is 42.8 Å². The fourth-order valence-electron chi connectivity index (χ4n) is 6.02. The van der Waals surface area contributed by atoms with Crippen molar-refractivity contribution in [2.45, 2.75) is 18.9 Å². The number of rotatable bonds is 7. The number of nitrogens with zero attached hydrogens (tertiary/aromatic N) is 2. The van der Waals surface area contributed by atoms with Gasteiger partial charge in [0.1, 0.15) is 11.5 Å². The maximum Gasteiger partial charge on any atom is 0.255 e. The lowest BCUT2D eigenvalue weighted by atomic mass is 9.83. The number of piperidine rings is 1. The number of anilines is 3. The van der Waals surface area contributed by atoms with E-state index >= 15 is 0 Å². The summed E-state index contributed by atoms with van der Waals surface area (Å²) in [5.41, 5.74) is 3.69. The molecular weight excluding hydrogens is 568 g/mol. The molecule has 3 heterocycles. The summed E-state index contributed by atoms with van der Waals surface area (Å²) in [4.78, 5) is 41.6.